The molecule has 0 radical (unpaired) electrons. The Morgan fingerprint density at radius 2 is 2.11 bits per heavy atom. The molecule has 0 aliphatic rings. The van der Waals surface area contributed by atoms with Crippen LogP contribution in [0.4, 0.5) is 13.2 Å². The topological polar surface area (TPSA) is 43.4 Å². The fraction of sp³-hybridized carbons (Fsp3) is 0.273. The minimum absolute atomic E-state index is 0.182. The van der Waals surface area contributed by atoms with E-state index in [4.69, 9.17) is 0 Å². The molecule has 0 fully saturated rings. The van der Waals surface area contributed by atoms with Crippen molar-refractivity contribution in [2.75, 3.05) is 7.11 Å². The molecule has 0 amide bonds. The third kappa shape index (κ3) is 3.99. The molecule has 0 saturated heterocycles. The second kappa shape index (κ2) is 5.81. The van der Waals surface area contributed by atoms with E-state index in [0.29, 0.717) is 6.08 Å². The fourth-order valence-corrected chi connectivity index (χ4v) is 1.74. The van der Waals surface area contributed by atoms with Crippen LogP contribution in [-0.4, -0.2) is 25.0 Å². The molecule has 98 valence electrons. The molecule has 7 heteroatoms. The zero-order chi connectivity index (χ0) is 13.8. The lowest BCUT2D eigenvalue weighted by molar-refractivity contribution is -0.143. The van der Waals surface area contributed by atoms with Gasteiger partial charge in [0.05, 0.1) is 18.4 Å². The van der Waals surface area contributed by atoms with Crippen molar-refractivity contribution in [2.24, 2.45) is 0 Å². The van der Waals surface area contributed by atoms with Crippen molar-refractivity contribution in [3.05, 3.63) is 34.0 Å². The lowest BCUT2D eigenvalue weighted by atomic mass is 10.1. The number of methoxy groups -OCH3 is 1. The standard InChI is InChI=1S/C11H9F3O3S/c1-17-10(16)6-7(11(12,13)14)5-8(15)9-3-2-4-18-9/h2-5H,6H2,1H3/b7-5+. The first-order chi connectivity index (χ1) is 8.34. The molecule has 0 aliphatic carbocycles. The van der Waals surface area contributed by atoms with E-state index in [2.05, 4.69) is 4.74 Å². The molecular weight excluding hydrogens is 269 g/mol. The summed E-state index contributed by atoms with van der Waals surface area (Å²) in [5, 5.41) is 1.58. The number of halogens is 3. The summed E-state index contributed by atoms with van der Waals surface area (Å²) >= 11 is 1.03. The predicted molar refractivity (Wildman–Crippen MR) is 59.4 cm³/mol. The summed E-state index contributed by atoms with van der Waals surface area (Å²) < 4.78 is 41.9. The maximum Gasteiger partial charge on any atom is 0.413 e. The van der Waals surface area contributed by atoms with Crippen LogP contribution in [0.2, 0.25) is 0 Å². The second-order valence-electron chi connectivity index (χ2n) is 3.26. The number of thiophene rings is 1. The van der Waals surface area contributed by atoms with E-state index in [1.165, 1.54) is 6.07 Å². The molecule has 0 bridgehead atoms. The van der Waals surface area contributed by atoms with Crippen LogP contribution in [0.25, 0.3) is 0 Å². The van der Waals surface area contributed by atoms with E-state index in [9.17, 15) is 22.8 Å². The Labute approximate surface area is 105 Å². The maximum atomic E-state index is 12.6. The van der Waals surface area contributed by atoms with Crippen LogP contribution in [-0.2, 0) is 9.53 Å². The highest BCUT2D eigenvalue weighted by atomic mass is 32.1. The number of allylic oxidation sites excluding steroid dienone is 1. The summed E-state index contributed by atoms with van der Waals surface area (Å²) in [6, 6.07) is 2.97. The van der Waals surface area contributed by atoms with Gasteiger partial charge in [-0.3, -0.25) is 9.59 Å². The molecule has 0 spiro atoms. The van der Waals surface area contributed by atoms with Crippen LogP contribution in [0.5, 0.6) is 0 Å². The highest BCUT2D eigenvalue weighted by molar-refractivity contribution is 7.12. The number of hydrogen-bond donors (Lipinski definition) is 0. The average Bonchev–Trinajstić information content (AvgIpc) is 2.79. The Morgan fingerprint density at radius 1 is 1.44 bits per heavy atom. The third-order valence-corrected chi connectivity index (χ3v) is 2.88. The number of alkyl halides is 3. The monoisotopic (exact) mass is 278 g/mol. The van der Waals surface area contributed by atoms with Gasteiger partial charge in [-0.15, -0.1) is 11.3 Å². The van der Waals surface area contributed by atoms with Crippen LogP contribution >= 0.6 is 11.3 Å². The van der Waals surface area contributed by atoms with Gasteiger partial charge in [-0.2, -0.15) is 13.2 Å². The van der Waals surface area contributed by atoms with Gasteiger partial charge in [0.1, 0.15) is 0 Å². The van der Waals surface area contributed by atoms with Gasteiger partial charge in [-0.1, -0.05) is 6.07 Å². The summed E-state index contributed by atoms with van der Waals surface area (Å²) in [4.78, 5) is 22.6. The number of rotatable bonds is 4. The fourth-order valence-electron chi connectivity index (χ4n) is 1.11. The van der Waals surface area contributed by atoms with E-state index >= 15 is 0 Å². The normalized spacial score (nSPS) is 12.3. The lowest BCUT2D eigenvalue weighted by Gasteiger charge is -2.09. The van der Waals surface area contributed by atoms with Crippen molar-refractivity contribution in [2.45, 2.75) is 12.6 Å². The molecule has 0 aliphatic heterocycles. The molecule has 18 heavy (non-hydrogen) atoms. The van der Waals surface area contributed by atoms with E-state index in [0.717, 1.165) is 18.4 Å². The van der Waals surface area contributed by atoms with Gasteiger partial charge in [0.2, 0.25) is 0 Å². The summed E-state index contributed by atoms with van der Waals surface area (Å²) in [6.45, 7) is 0. The van der Waals surface area contributed by atoms with E-state index in [1.807, 2.05) is 0 Å². The van der Waals surface area contributed by atoms with Gasteiger partial charge in [0.25, 0.3) is 0 Å². The average molecular weight is 278 g/mol. The van der Waals surface area contributed by atoms with Crippen molar-refractivity contribution in [3.8, 4) is 0 Å². The quantitative estimate of drug-likeness (QED) is 0.483. The predicted octanol–water partition coefficient (Wildman–Crippen LogP) is 2.98. The first-order valence-corrected chi connectivity index (χ1v) is 5.65. The highest BCUT2D eigenvalue weighted by Gasteiger charge is 2.35. The number of ether oxygens (including phenoxy) is 1. The van der Waals surface area contributed by atoms with Crippen molar-refractivity contribution >= 4 is 23.1 Å². The van der Waals surface area contributed by atoms with Crippen molar-refractivity contribution in [1.82, 2.24) is 0 Å². The zero-order valence-electron chi connectivity index (χ0n) is 9.28. The number of hydrogen-bond acceptors (Lipinski definition) is 4. The Balaban J connectivity index is 2.96. The molecule has 0 saturated carbocycles. The Hall–Kier alpha value is -1.63. The van der Waals surface area contributed by atoms with Gasteiger partial charge in [0, 0.05) is 5.57 Å². The number of carbonyl (C=O) groups is 2. The molecular formula is C11H9F3O3S. The first-order valence-electron chi connectivity index (χ1n) is 4.77. The third-order valence-electron chi connectivity index (χ3n) is 2.00. The molecule has 1 aromatic rings. The van der Waals surface area contributed by atoms with E-state index in [-0.39, 0.29) is 4.88 Å². The second-order valence-corrected chi connectivity index (χ2v) is 4.21. The van der Waals surface area contributed by atoms with Crippen LogP contribution in [0.1, 0.15) is 16.1 Å². The first kappa shape index (κ1) is 14.4. The molecule has 0 aromatic carbocycles. The SMILES string of the molecule is COC(=O)C/C(=C\C(=O)c1cccs1)C(F)(F)F. The molecule has 0 unspecified atom stereocenters. The Morgan fingerprint density at radius 3 is 2.56 bits per heavy atom. The van der Waals surface area contributed by atoms with Crippen molar-refractivity contribution in [3.63, 3.8) is 0 Å². The Kier molecular flexibility index (Phi) is 4.66. The molecule has 1 aromatic heterocycles. The minimum Gasteiger partial charge on any atom is -0.469 e. The van der Waals surface area contributed by atoms with Crippen molar-refractivity contribution in [1.29, 1.82) is 0 Å². The van der Waals surface area contributed by atoms with Crippen molar-refractivity contribution < 1.29 is 27.5 Å². The number of esters is 1. The molecule has 1 heterocycles. The maximum absolute atomic E-state index is 12.6. The summed E-state index contributed by atoms with van der Waals surface area (Å²) in [5.41, 5.74) is -1.22. The summed E-state index contributed by atoms with van der Waals surface area (Å²) in [5.74, 6) is -1.82. The van der Waals surface area contributed by atoms with Crippen LogP contribution < -0.4 is 0 Å². The van der Waals surface area contributed by atoms with Gasteiger partial charge >= 0.3 is 12.1 Å². The van der Waals surface area contributed by atoms with Crippen LogP contribution in [0, 0.1) is 0 Å². The Bertz CT molecular complexity index is 460. The zero-order valence-corrected chi connectivity index (χ0v) is 10.1. The minimum atomic E-state index is -4.74. The number of carbonyl (C=O) groups excluding carboxylic acids is 2. The molecule has 1 rings (SSSR count). The number of ketones is 1. The molecule has 0 N–H and O–H groups in total. The van der Waals surface area contributed by atoms with E-state index in [1.54, 1.807) is 11.4 Å². The van der Waals surface area contributed by atoms with Crippen LogP contribution in [0.3, 0.4) is 0 Å². The lowest BCUT2D eigenvalue weighted by Crippen LogP contribution is -2.17. The summed E-state index contributed by atoms with van der Waals surface area (Å²) in [6.07, 6.45) is -5.28. The van der Waals surface area contributed by atoms with Gasteiger partial charge < -0.3 is 4.74 Å². The smallest absolute Gasteiger partial charge is 0.413 e. The van der Waals surface area contributed by atoms with E-state index < -0.39 is 29.9 Å². The van der Waals surface area contributed by atoms with Gasteiger partial charge in [-0.25, -0.2) is 0 Å². The largest absolute Gasteiger partial charge is 0.469 e. The van der Waals surface area contributed by atoms with Crippen LogP contribution in [0.15, 0.2) is 29.2 Å². The van der Waals surface area contributed by atoms with Gasteiger partial charge in [-0.05, 0) is 17.5 Å². The molecule has 3 nitrogen and oxygen atoms in total. The summed E-state index contributed by atoms with van der Waals surface area (Å²) in [7, 11) is 0.984. The molecule has 0 atom stereocenters. The highest BCUT2D eigenvalue weighted by Crippen LogP contribution is 2.29. The van der Waals surface area contributed by atoms with Gasteiger partial charge in [0.15, 0.2) is 5.78 Å².